The molecule has 7 heteroatoms. The fraction of sp³-hybridized carbons (Fsp3) is 1.00. The minimum Gasteiger partial charge on any atom is -0.221 e. The smallest absolute Gasteiger partial charge is 0 e. The summed E-state index contributed by atoms with van der Waals surface area (Å²) in [6, 6.07) is 0. The van der Waals surface area contributed by atoms with Gasteiger partial charge in [-0.05, 0) is 0 Å². The van der Waals surface area contributed by atoms with Crippen LogP contribution >= 0.6 is 0 Å². The molecule has 0 bridgehead atoms. The SMILES string of the molecule is C.C.O=O.O=O.OOO. The van der Waals surface area contributed by atoms with E-state index < -0.39 is 0 Å². The predicted molar refractivity (Wildman–Crippen MR) is 33.3 cm³/mol. The van der Waals surface area contributed by atoms with E-state index in [0.717, 1.165) is 0 Å². The predicted octanol–water partition coefficient (Wildman–Crippen LogP) is 1.36. The fourth-order valence-electron chi connectivity index (χ4n) is 0. The largest absolute Gasteiger partial charge is 0.221 e. The van der Waals surface area contributed by atoms with Gasteiger partial charge in [0.1, 0.15) is 0 Å². The topological polar surface area (TPSA) is 118 Å². The molecular formula is C2H10O7. The third-order valence-electron chi connectivity index (χ3n) is 0. The van der Waals surface area contributed by atoms with Crippen molar-refractivity contribution in [2.45, 2.75) is 14.9 Å². The first-order valence-corrected chi connectivity index (χ1v) is 0.698. The Balaban J connectivity index is -0.00000000825. The lowest BCUT2D eigenvalue weighted by Crippen LogP contribution is -1.60. The standard InChI is InChI=1S/2CH4.H2O3.2O2/c;;1-3-2;2*1-2/h2*1H4;1-2H;;. The van der Waals surface area contributed by atoms with Crippen molar-refractivity contribution in [1.82, 2.24) is 0 Å². The first-order valence-electron chi connectivity index (χ1n) is 0.698. The molecule has 0 aromatic rings. The molecule has 0 radical (unpaired) electrons. The fourth-order valence-corrected chi connectivity index (χ4v) is 0. The van der Waals surface area contributed by atoms with Crippen LogP contribution in [0.15, 0.2) is 0 Å². The summed E-state index contributed by atoms with van der Waals surface area (Å²) in [7, 11) is 0. The molecule has 0 atom stereocenters. The highest BCUT2D eigenvalue weighted by molar-refractivity contribution is 4.08. The molecule has 0 aliphatic heterocycles. The minimum atomic E-state index is 0. The van der Waals surface area contributed by atoms with Gasteiger partial charge >= 0.3 is 0 Å². The van der Waals surface area contributed by atoms with E-state index in [1.165, 1.54) is 0 Å². The Morgan fingerprint density at radius 3 is 0.778 bits per heavy atom. The van der Waals surface area contributed by atoms with Crippen molar-refractivity contribution in [3.63, 3.8) is 0 Å². The first-order chi connectivity index (χ1) is 3.41. The maximum atomic E-state index is 7.00. The van der Waals surface area contributed by atoms with Gasteiger partial charge in [0.15, 0.2) is 0 Å². The highest BCUT2D eigenvalue weighted by Gasteiger charge is 1.27. The highest BCUT2D eigenvalue weighted by Crippen LogP contribution is 1.24. The molecule has 0 unspecified atom stereocenters. The molecule has 0 saturated carbocycles. The second-order valence-electron chi connectivity index (χ2n) is 0.0816. The minimum absolute atomic E-state index is 0. The van der Waals surface area contributed by atoms with Gasteiger partial charge in [-0.25, -0.2) is 10.5 Å². The van der Waals surface area contributed by atoms with Crippen LogP contribution in [-0.4, -0.2) is 10.5 Å². The van der Waals surface area contributed by atoms with Crippen LogP contribution in [0.3, 0.4) is 0 Å². The molecule has 0 aromatic heterocycles. The maximum absolute atomic E-state index is 7.00. The van der Waals surface area contributed by atoms with Crippen molar-refractivity contribution in [3.8, 4) is 0 Å². The molecule has 0 aromatic carbocycles. The van der Waals surface area contributed by atoms with Crippen molar-refractivity contribution in [1.29, 1.82) is 0 Å². The van der Waals surface area contributed by atoms with E-state index in [0.29, 0.717) is 0 Å². The van der Waals surface area contributed by atoms with Crippen molar-refractivity contribution in [2.75, 3.05) is 0 Å². The van der Waals surface area contributed by atoms with Crippen LogP contribution < -0.4 is 0 Å². The van der Waals surface area contributed by atoms with Crippen molar-refractivity contribution in [3.05, 3.63) is 19.9 Å². The van der Waals surface area contributed by atoms with Gasteiger partial charge in [0, 0.05) is 19.9 Å². The quantitative estimate of drug-likeness (QED) is 0.391. The highest BCUT2D eigenvalue weighted by atomic mass is 17.4. The van der Waals surface area contributed by atoms with Crippen LogP contribution in [-0.2, 0) is 5.04 Å². The Hall–Kier alpha value is -0.920. The van der Waals surface area contributed by atoms with Crippen molar-refractivity contribution < 1.29 is 15.6 Å². The summed E-state index contributed by atoms with van der Waals surface area (Å²) in [5.41, 5.74) is 0. The van der Waals surface area contributed by atoms with Crippen LogP contribution in [0.5, 0.6) is 0 Å². The molecule has 0 amide bonds. The Bertz CT molecular complexity index is 14.4. The van der Waals surface area contributed by atoms with Gasteiger partial charge < -0.3 is 0 Å². The zero-order valence-corrected chi connectivity index (χ0v) is 2.94. The van der Waals surface area contributed by atoms with Crippen LogP contribution in [0.1, 0.15) is 14.9 Å². The maximum Gasteiger partial charge on any atom is 0 e. The Labute approximate surface area is 51.6 Å². The zero-order valence-electron chi connectivity index (χ0n) is 2.94. The summed E-state index contributed by atoms with van der Waals surface area (Å²) >= 11 is 0. The second-order valence-corrected chi connectivity index (χ2v) is 0.0816. The second kappa shape index (κ2) is 40900. The monoisotopic (exact) mass is 146 g/mol. The lowest BCUT2D eigenvalue weighted by Gasteiger charge is -1.56. The molecular weight excluding hydrogens is 136 g/mol. The normalized spacial score (nSPS) is 2.89. The van der Waals surface area contributed by atoms with E-state index >= 15 is 0 Å². The molecule has 0 aliphatic rings. The van der Waals surface area contributed by atoms with Crippen LogP contribution in [0.25, 0.3) is 0 Å². The van der Waals surface area contributed by atoms with Crippen LogP contribution in [0, 0.1) is 19.9 Å². The Kier molecular flexibility index (Phi) is 194000. The van der Waals surface area contributed by atoms with Crippen molar-refractivity contribution >= 4 is 0 Å². The average Bonchev–Trinajstić information content (AvgIpc) is 1.78. The van der Waals surface area contributed by atoms with Gasteiger partial charge in [-0.3, -0.25) is 0 Å². The van der Waals surface area contributed by atoms with E-state index in [1.807, 2.05) is 0 Å². The van der Waals surface area contributed by atoms with Gasteiger partial charge in [-0.15, -0.1) is 0 Å². The molecule has 0 spiro atoms. The molecule has 0 heterocycles. The molecule has 9 heavy (non-hydrogen) atoms. The van der Waals surface area contributed by atoms with Gasteiger partial charge in [0.05, 0.1) is 0 Å². The molecule has 60 valence electrons. The Morgan fingerprint density at radius 2 is 0.778 bits per heavy atom. The summed E-state index contributed by atoms with van der Waals surface area (Å²) in [6.07, 6.45) is 0. The molecule has 0 fully saturated rings. The van der Waals surface area contributed by atoms with Gasteiger partial charge in [0.2, 0.25) is 0 Å². The van der Waals surface area contributed by atoms with E-state index in [1.54, 1.807) is 0 Å². The van der Waals surface area contributed by atoms with E-state index in [-0.39, 0.29) is 14.9 Å². The molecule has 0 saturated heterocycles. The van der Waals surface area contributed by atoms with Gasteiger partial charge in [0.25, 0.3) is 0 Å². The van der Waals surface area contributed by atoms with E-state index in [2.05, 4.69) is 5.04 Å². The molecule has 7 nitrogen and oxygen atoms in total. The summed E-state index contributed by atoms with van der Waals surface area (Å²) in [4.78, 5) is 28.0. The molecule has 0 rings (SSSR count). The Morgan fingerprint density at radius 1 is 0.778 bits per heavy atom. The summed E-state index contributed by atoms with van der Waals surface area (Å²) in [6.45, 7) is 0. The molecule has 2 N–H and O–H groups in total. The van der Waals surface area contributed by atoms with E-state index in [4.69, 9.17) is 30.4 Å². The number of hydrogen-bond acceptors (Lipinski definition) is 7. The van der Waals surface area contributed by atoms with Gasteiger partial charge in [-0.2, -0.15) is 0 Å². The number of rotatable bonds is 0. The van der Waals surface area contributed by atoms with Crippen LogP contribution in [0.2, 0.25) is 0 Å². The van der Waals surface area contributed by atoms with Crippen LogP contribution in [0.4, 0.5) is 0 Å². The lowest BCUT2D eigenvalue weighted by molar-refractivity contribution is -0.465. The van der Waals surface area contributed by atoms with Gasteiger partial charge in [-0.1, -0.05) is 19.9 Å². The zero-order chi connectivity index (χ0) is 6.71. The summed E-state index contributed by atoms with van der Waals surface area (Å²) in [5.74, 6) is 0. The number of hydrogen-bond donors (Lipinski definition) is 2. The lowest BCUT2D eigenvalue weighted by atomic mass is 12.0. The van der Waals surface area contributed by atoms with Crippen molar-refractivity contribution in [2.24, 2.45) is 0 Å². The third kappa shape index (κ3) is 216. The van der Waals surface area contributed by atoms with E-state index in [9.17, 15) is 0 Å². The average molecular weight is 146 g/mol. The molecule has 0 aliphatic carbocycles. The summed E-state index contributed by atoms with van der Waals surface area (Å²) < 4.78 is 0. The first kappa shape index (κ1) is 42.7. The third-order valence-corrected chi connectivity index (χ3v) is 0. The summed E-state index contributed by atoms with van der Waals surface area (Å²) in [5, 5.41) is 15.5.